The standard InChI is InChI=1S/C16H16ClN3O/c17-13-3-6-15(19-10-13)16(21)20-14-4-1-11(2-5-14)12-7-8-18-9-12/h1-6,10,12,18H,7-9H2,(H,20,21)/t12-/m1/s1. The molecule has 21 heavy (non-hydrogen) atoms. The summed E-state index contributed by atoms with van der Waals surface area (Å²) in [6.07, 6.45) is 2.63. The maximum atomic E-state index is 12.0. The number of hydrogen-bond acceptors (Lipinski definition) is 3. The number of carbonyl (C=O) groups excluding carboxylic acids is 1. The van der Waals surface area contributed by atoms with E-state index in [1.807, 2.05) is 12.1 Å². The van der Waals surface area contributed by atoms with Gasteiger partial charge >= 0.3 is 0 Å². The van der Waals surface area contributed by atoms with Crippen molar-refractivity contribution in [1.29, 1.82) is 0 Å². The van der Waals surface area contributed by atoms with Crippen LogP contribution in [-0.2, 0) is 0 Å². The Morgan fingerprint density at radius 3 is 2.67 bits per heavy atom. The van der Waals surface area contributed by atoms with E-state index in [0.717, 1.165) is 18.8 Å². The Bertz CT molecular complexity index is 619. The quantitative estimate of drug-likeness (QED) is 0.916. The van der Waals surface area contributed by atoms with Gasteiger partial charge in [0.05, 0.1) is 5.02 Å². The molecule has 1 aromatic heterocycles. The molecule has 1 saturated heterocycles. The van der Waals surface area contributed by atoms with Crippen molar-refractivity contribution >= 4 is 23.2 Å². The van der Waals surface area contributed by atoms with Crippen LogP contribution in [0.15, 0.2) is 42.6 Å². The first kappa shape index (κ1) is 14.0. The minimum absolute atomic E-state index is 0.234. The van der Waals surface area contributed by atoms with E-state index in [1.54, 1.807) is 12.1 Å². The minimum atomic E-state index is -0.234. The molecule has 1 aliphatic heterocycles. The van der Waals surface area contributed by atoms with Crippen LogP contribution in [0.5, 0.6) is 0 Å². The lowest BCUT2D eigenvalue weighted by Gasteiger charge is -2.10. The summed E-state index contributed by atoms with van der Waals surface area (Å²) in [6.45, 7) is 2.10. The normalized spacial score (nSPS) is 17.7. The van der Waals surface area contributed by atoms with Crippen LogP contribution in [0.1, 0.15) is 28.4 Å². The molecule has 5 heteroatoms. The van der Waals surface area contributed by atoms with Crippen molar-refractivity contribution in [2.75, 3.05) is 18.4 Å². The van der Waals surface area contributed by atoms with E-state index in [4.69, 9.17) is 11.6 Å². The van der Waals surface area contributed by atoms with Crippen LogP contribution in [0.3, 0.4) is 0 Å². The third-order valence-corrected chi connectivity index (χ3v) is 3.88. The minimum Gasteiger partial charge on any atom is -0.321 e. The summed E-state index contributed by atoms with van der Waals surface area (Å²) >= 11 is 5.76. The van der Waals surface area contributed by atoms with Crippen molar-refractivity contribution in [3.63, 3.8) is 0 Å². The topological polar surface area (TPSA) is 54.0 Å². The van der Waals surface area contributed by atoms with Gasteiger partial charge in [0.25, 0.3) is 5.91 Å². The maximum Gasteiger partial charge on any atom is 0.274 e. The first-order valence-corrected chi connectivity index (χ1v) is 7.34. The lowest BCUT2D eigenvalue weighted by Crippen LogP contribution is -2.13. The molecule has 0 radical (unpaired) electrons. The zero-order valence-electron chi connectivity index (χ0n) is 11.5. The van der Waals surface area contributed by atoms with Crippen LogP contribution in [0.2, 0.25) is 5.02 Å². The number of halogens is 1. The molecule has 1 atom stereocenters. The molecule has 108 valence electrons. The van der Waals surface area contributed by atoms with Crippen molar-refractivity contribution in [3.05, 3.63) is 58.9 Å². The Balaban J connectivity index is 1.67. The van der Waals surface area contributed by atoms with Crippen molar-refractivity contribution in [3.8, 4) is 0 Å². The zero-order valence-corrected chi connectivity index (χ0v) is 12.2. The Hall–Kier alpha value is -1.91. The van der Waals surface area contributed by atoms with Gasteiger partial charge in [-0.25, -0.2) is 4.98 Å². The SMILES string of the molecule is O=C(Nc1ccc([C@@H]2CCNC2)cc1)c1ccc(Cl)cn1. The summed E-state index contributed by atoms with van der Waals surface area (Å²) in [4.78, 5) is 16.0. The number of rotatable bonds is 3. The fourth-order valence-electron chi connectivity index (χ4n) is 2.48. The summed E-state index contributed by atoms with van der Waals surface area (Å²) in [5, 5.41) is 6.71. The molecule has 0 spiro atoms. The van der Waals surface area contributed by atoms with Crippen LogP contribution < -0.4 is 10.6 Å². The summed E-state index contributed by atoms with van der Waals surface area (Å²) in [6, 6.07) is 11.3. The Morgan fingerprint density at radius 2 is 2.05 bits per heavy atom. The Labute approximate surface area is 128 Å². The molecule has 3 rings (SSSR count). The van der Waals surface area contributed by atoms with Crippen LogP contribution in [-0.4, -0.2) is 24.0 Å². The zero-order chi connectivity index (χ0) is 14.7. The van der Waals surface area contributed by atoms with Gasteiger partial charge in [-0.2, -0.15) is 0 Å². The van der Waals surface area contributed by atoms with E-state index in [2.05, 4.69) is 27.8 Å². The molecule has 2 heterocycles. The highest BCUT2D eigenvalue weighted by atomic mass is 35.5. The van der Waals surface area contributed by atoms with Gasteiger partial charge in [0.1, 0.15) is 5.69 Å². The molecule has 0 bridgehead atoms. The van der Waals surface area contributed by atoms with Gasteiger partial charge in [0.2, 0.25) is 0 Å². The average molecular weight is 302 g/mol. The molecular weight excluding hydrogens is 286 g/mol. The molecule has 0 saturated carbocycles. The van der Waals surface area contributed by atoms with Crippen LogP contribution >= 0.6 is 11.6 Å². The molecular formula is C16H16ClN3O. The number of hydrogen-bond donors (Lipinski definition) is 2. The highest BCUT2D eigenvalue weighted by Crippen LogP contribution is 2.23. The Kier molecular flexibility index (Phi) is 4.18. The van der Waals surface area contributed by atoms with Crippen LogP contribution in [0, 0.1) is 0 Å². The first-order valence-electron chi connectivity index (χ1n) is 6.96. The molecule has 1 aromatic carbocycles. The molecule has 0 unspecified atom stereocenters. The fraction of sp³-hybridized carbons (Fsp3) is 0.250. The van der Waals surface area contributed by atoms with E-state index in [-0.39, 0.29) is 5.91 Å². The second kappa shape index (κ2) is 6.24. The fourth-order valence-corrected chi connectivity index (χ4v) is 2.59. The average Bonchev–Trinajstić information content (AvgIpc) is 3.03. The van der Waals surface area contributed by atoms with Crippen molar-refractivity contribution in [2.45, 2.75) is 12.3 Å². The molecule has 1 aliphatic rings. The van der Waals surface area contributed by atoms with Gasteiger partial charge in [-0.1, -0.05) is 23.7 Å². The smallest absolute Gasteiger partial charge is 0.274 e. The van der Waals surface area contributed by atoms with Gasteiger partial charge in [-0.05, 0) is 48.7 Å². The number of aromatic nitrogens is 1. The summed E-state index contributed by atoms with van der Waals surface area (Å²) in [5.41, 5.74) is 2.43. The van der Waals surface area contributed by atoms with Gasteiger partial charge in [0.15, 0.2) is 0 Å². The van der Waals surface area contributed by atoms with Crippen LogP contribution in [0.4, 0.5) is 5.69 Å². The number of nitrogens with one attached hydrogen (secondary N) is 2. The second-order valence-electron chi connectivity index (χ2n) is 5.13. The van der Waals surface area contributed by atoms with Crippen molar-refractivity contribution in [2.24, 2.45) is 0 Å². The number of carbonyl (C=O) groups is 1. The number of anilines is 1. The molecule has 1 amide bonds. The number of pyridine rings is 1. The lowest BCUT2D eigenvalue weighted by molar-refractivity contribution is 0.102. The predicted molar refractivity (Wildman–Crippen MR) is 83.9 cm³/mol. The molecule has 2 N–H and O–H groups in total. The van der Waals surface area contributed by atoms with Gasteiger partial charge in [0, 0.05) is 18.4 Å². The maximum absolute atomic E-state index is 12.0. The van der Waals surface area contributed by atoms with E-state index in [9.17, 15) is 4.79 Å². The van der Waals surface area contributed by atoms with Gasteiger partial charge in [-0.15, -0.1) is 0 Å². The van der Waals surface area contributed by atoms with Gasteiger partial charge in [-0.3, -0.25) is 4.79 Å². The van der Waals surface area contributed by atoms with E-state index >= 15 is 0 Å². The highest BCUT2D eigenvalue weighted by Gasteiger charge is 2.16. The molecule has 4 nitrogen and oxygen atoms in total. The number of benzene rings is 1. The van der Waals surface area contributed by atoms with E-state index in [1.165, 1.54) is 18.2 Å². The molecule has 2 aromatic rings. The van der Waals surface area contributed by atoms with E-state index < -0.39 is 0 Å². The predicted octanol–water partition coefficient (Wildman–Crippen LogP) is 3.06. The van der Waals surface area contributed by atoms with Crippen molar-refractivity contribution in [1.82, 2.24) is 10.3 Å². The number of nitrogens with zero attached hydrogens (tertiary/aromatic N) is 1. The monoisotopic (exact) mass is 301 g/mol. The summed E-state index contributed by atoms with van der Waals surface area (Å²) in [5.74, 6) is 0.342. The van der Waals surface area contributed by atoms with E-state index in [0.29, 0.717) is 16.6 Å². The molecule has 0 aliphatic carbocycles. The number of amides is 1. The highest BCUT2D eigenvalue weighted by molar-refractivity contribution is 6.30. The lowest BCUT2D eigenvalue weighted by atomic mass is 9.98. The Morgan fingerprint density at radius 1 is 1.24 bits per heavy atom. The summed E-state index contributed by atoms with van der Waals surface area (Å²) in [7, 11) is 0. The summed E-state index contributed by atoms with van der Waals surface area (Å²) < 4.78 is 0. The van der Waals surface area contributed by atoms with Gasteiger partial charge < -0.3 is 10.6 Å². The van der Waals surface area contributed by atoms with Crippen LogP contribution in [0.25, 0.3) is 0 Å². The third kappa shape index (κ3) is 3.40. The third-order valence-electron chi connectivity index (χ3n) is 3.66. The molecule has 1 fully saturated rings. The first-order chi connectivity index (χ1) is 10.2. The second-order valence-corrected chi connectivity index (χ2v) is 5.56. The van der Waals surface area contributed by atoms with Crippen molar-refractivity contribution < 1.29 is 4.79 Å². The largest absolute Gasteiger partial charge is 0.321 e.